The van der Waals surface area contributed by atoms with Crippen LogP contribution in [0.25, 0.3) is 0 Å². The summed E-state index contributed by atoms with van der Waals surface area (Å²) in [5.74, 6) is 4.78. The molecule has 0 spiro atoms. The van der Waals surface area contributed by atoms with Crippen molar-refractivity contribution in [1.82, 2.24) is 0 Å². The van der Waals surface area contributed by atoms with Crippen LogP contribution in [-0.2, 0) is 4.79 Å². The first-order valence-electron chi connectivity index (χ1n) is 4.12. The second-order valence-corrected chi connectivity index (χ2v) is 2.68. The molecule has 0 atom stereocenters. The van der Waals surface area contributed by atoms with Gasteiger partial charge in [-0.1, -0.05) is 6.08 Å². The number of carbonyl (C=O) groups is 1. The molecule has 0 unspecified atom stereocenters. The first kappa shape index (κ1) is 10.4. The van der Waals surface area contributed by atoms with E-state index < -0.39 is 0 Å². The summed E-state index contributed by atoms with van der Waals surface area (Å²) in [7, 11) is 0. The van der Waals surface area contributed by atoms with Crippen LogP contribution in [0.5, 0.6) is 0 Å². The molecule has 1 rings (SSSR count). The Hall–Kier alpha value is -1.68. The van der Waals surface area contributed by atoms with Crippen LogP contribution >= 0.6 is 0 Å². The van der Waals surface area contributed by atoms with E-state index in [0.29, 0.717) is 5.69 Å². The van der Waals surface area contributed by atoms with E-state index in [1.807, 2.05) is 0 Å². The number of rotatable bonds is 2. The van der Waals surface area contributed by atoms with E-state index in [1.165, 1.54) is 30.3 Å². The Bertz CT molecular complexity index is 346. The monoisotopic (exact) mass is 194 g/mol. The quantitative estimate of drug-likeness (QED) is 0.336. The summed E-state index contributed by atoms with van der Waals surface area (Å²) in [4.78, 5) is 11.2. The number of nitrogens with zero attached hydrogens (tertiary/aromatic N) is 1. The highest BCUT2D eigenvalue weighted by atomic mass is 19.1. The molecular weight excluding hydrogens is 183 g/mol. The second kappa shape index (κ2) is 4.53. The van der Waals surface area contributed by atoms with Crippen LogP contribution in [0.1, 0.15) is 6.92 Å². The number of benzene rings is 1. The molecule has 0 aliphatic rings. The van der Waals surface area contributed by atoms with Gasteiger partial charge in [0.05, 0.1) is 5.69 Å². The Morgan fingerprint density at radius 2 is 2.00 bits per heavy atom. The SMILES string of the molecule is C/C=C/C(=O)N(N)c1ccc(F)cc1. The van der Waals surface area contributed by atoms with Gasteiger partial charge in [0.25, 0.3) is 5.91 Å². The fraction of sp³-hybridized carbons (Fsp3) is 0.100. The van der Waals surface area contributed by atoms with Crippen molar-refractivity contribution < 1.29 is 9.18 Å². The first-order chi connectivity index (χ1) is 6.65. The van der Waals surface area contributed by atoms with Crippen molar-refractivity contribution in [2.24, 2.45) is 5.84 Å². The number of hydrazine groups is 1. The lowest BCUT2D eigenvalue weighted by atomic mass is 10.3. The number of allylic oxidation sites excluding steroid dienone is 1. The zero-order valence-corrected chi connectivity index (χ0v) is 7.77. The van der Waals surface area contributed by atoms with Crippen molar-refractivity contribution in [3.8, 4) is 0 Å². The van der Waals surface area contributed by atoms with E-state index in [4.69, 9.17) is 5.84 Å². The standard InChI is InChI=1S/C10H11FN2O/c1-2-3-10(14)13(12)9-6-4-8(11)5-7-9/h2-7H,12H2,1H3/b3-2+. The molecule has 2 N–H and O–H groups in total. The van der Waals surface area contributed by atoms with Crippen molar-refractivity contribution in [3.05, 3.63) is 42.2 Å². The number of hydrogen-bond donors (Lipinski definition) is 1. The van der Waals surface area contributed by atoms with Crippen molar-refractivity contribution >= 4 is 11.6 Å². The molecule has 1 aromatic carbocycles. The van der Waals surface area contributed by atoms with Gasteiger partial charge in [-0.2, -0.15) is 0 Å². The molecule has 0 bridgehead atoms. The molecule has 1 amide bonds. The molecule has 0 saturated heterocycles. The third kappa shape index (κ3) is 2.40. The minimum atomic E-state index is -0.361. The molecule has 14 heavy (non-hydrogen) atoms. The summed E-state index contributed by atoms with van der Waals surface area (Å²) < 4.78 is 12.5. The third-order valence-corrected chi connectivity index (χ3v) is 1.65. The minimum absolute atomic E-state index is 0.348. The van der Waals surface area contributed by atoms with E-state index in [9.17, 15) is 9.18 Å². The Balaban J connectivity index is 2.84. The number of amides is 1. The maximum absolute atomic E-state index is 12.5. The molecule has 0 fully saturated rings. The van der Waals surface area contributed by atoms with E-state index >= 15 is 0 Å². The molecule has 1 aromatic rings. The highest BCUT2D eigenvalue weighted by molar-refractivity contribution is 6.00. The van der Waals surface area contributed by atoms with Gasteiger partial charge in [-0.25, -0.2) is 15.2 Å². The third-order valence-electron chi connectivity index (χ3n) is 1.65. The van der Waals surface area contributed by atoms with Crippen molar-refractivity contribution in [2.45, 2.75) is 6.92 Å². The molecule has 4 heteroatoms. The Morgan fingerprint density at radius 3 is 2.50 bits per heavy atom. The van der Waals surface area contributed by atoms with Crippen LogP contribution in [0.4, 0.5) is 10.1 Å². The maximum Gasteiger partial charge on any atom is 0.264 e. The number of halogens is 1. The number of anilines is 1. The van der Waals surface area contributed by atoms with Gasteiger partial charge in [0, 0.05) is 6.08 Å². The van der Waals surface area contributed by atoms with E-state index in [-0.39, 0.29) is 11.7 Å². The van der Waals surface area contributed by atoms with Crippen LogP contribution in [0.15, 0.2) is 36.4 Å². The molecule has 74 valence electrons. The Morgan fingerprint density at radius 1 is 1.43 bits per heavy atom. The van der Waals surface area contributed by atoms with Crippen LogP contribution < -0.4 is 10.9 Å². The maximum atomic E-state index is 12.5. The lowest BCUT2D eigenvalue weighted by Gasteiger charge is -2.13. The molecule has 3 nitrogen and oxygen atoms in total. The fourth-order valence-corrected chi connectivity index (χ4v) is 0.952. The first-order valence-corrected chi connectivity index (χ1v) is 4.12. The van der Waals surface area contributed by atoms with E-state index in [2.05, 4.69) is 0 Å². The second-order valence-electron chi connectivity index (χ2n) is 2.68. The largest absolute Gasteiger partial charge is 0.268 e. The number of carbonyl (C=O) groups excluding carboxylic acids is 1. The zero-order chi connectivity index (χ0) is 10.6. The predicted octanol–water partition coefficient (Wildman–Crippen LogP) is 1.61. The van der Waals surface area contributed by atoms with Crippen LogP contribution in [-0.4, -0.2) is 5.91 Å². The summed E-state index contributed by atoms with van der Waals surface area (Å²) in [5, 5.41) is 0.958. The normalized spacial score (nSPS) is 10.5. The van der Waals surface area contributed by atoms with Crippen molar-refractivity contribution in [1.29, 1.82) is 0 Å². The average molecular weight is 194 g/mol. The Kier molecular flexibility index (Phi) is 3.36. The molecular formula is C10H11FN2O. The summed E-state index contributed by atoms with van der Waals surface area (Å²) in [6, 6.07) is 5.38. The Labute approximate surface area is 81.6 Å². The molecule has 0 aliphatic carbocycles. The summed E-state index contributed by atoms with van der Waals surface area (Å²) >= 11 is 0. The highest BCUT2D eigenvalue weighted by Crippen LogP contribution is 2.11. The van der Waals surface area contributed by atoms with Gasteiger partial charge in [0.1, 0.15) is 5.82 Å². The average Bonchev–Trinajstić information content (AvgIpc) is 2.18. The van der Waals surface area contributed by atoms with Gasteiger partial charge in [0.15, 0.2) is 0 Å². The fourth-order valence-electron chi connectivity index (χ4n) is 0.952. The van der Waals surface area contributed by atoms with Crippen LogP contribution in [0, 0.1) is 5.82 Å². The van der Waals surface area contributed by atoms with Gasteiger partial charge >= 0.3 is 0 Å². The molecule has 0 aliphatic heterocycles. The van der Waals surface area contributed by atoms with Crippen molar-refractivity contribution in [2.75, 3.05) is 5.01 Å². The summed E-state index contributed by atoms with van der Waals surface area (Å²) in [5.41, 5.74) is 0.453. The summed E-state index contributed by atoms with van der Waals surface area (Å²) in [6.45, 7) is 1.72. The molecule has 0 heterocycles. The van der Waals surface area contributed by atoms with Gasteiger partial charge < -0.3 is 0 Å². The van der Waals surface area contributed by atoms with Gasteiger partial charge in [-0.05, 0) is 31.2 Å². The van der Waals surface area contributed by atoms with Crippen LogP contribution in [0.3, 0.4) is 0 Å². The van der Waals surface area contributed by atoms with Crippen LogP contribution in [0.2, 0.25) is 0 Å². The zero-order valence-electron chi connectivity index (χ0n) is 7.77. The van der Waals surface area contributed by atoms with Crippen molar-refractivity contribution in [3.63, 3.8) is 0 Å². The predicted molar refractivity (Wildman–Crippen MR) is 52.9 cm³/mol. The minimum Gasteiger partial charge on any atom is -0.268 e. The molecule has 0 aromatic heterocycles. The highest BCUT2D eigenvalue weighted by Gasteiger charge is 2.07. The number of nitrogens with two attached hydrogens (primary N) is 1. The van der Waals surface area contributed by atoms with Gasteiger partial charge in [-0.3, -0.25) is 4.79 Å². The lowest BCUT2D eigenvalue weighted by molar-refractivity contribution is -0.114. The topological polar surface area (TPSA) is 46.3 Å². The molecule has 0 radical (unpaired) electrons. The smallest absolute Gasteiger partial charge is 0.264 e. The lowest BCUT2D eigenvalue weighted by Crippen LogP contribution is -2.36. The van der Waals surface area contributed by atoms with Gasteiger partial charge in [0.2, 0.25) is 0 Å². The van der Waals surface area contributed by atoms with E-state index in [1.54, 1.807) is 13.0 Å². The van der Waals surface area contributed by atoms with E-state index in [0.717, 1.165) is 5.01 Å². The molecule has 0 saturated carbocycles. The number of hydrogen-bond acceptors (Lipinski definition) is 2. The summed E-state index contributed by atoms with van der Waals surface area (Å²) in [6.07, 6.45) is 2.93. The van der Waals surface area contributed by atoms with Gasteiger partial charge in [-0.15, -0.1) is 0 Å².